The van der Waals surface area contributed by atoms with Crippen LogP contribution in [0.5, 0.6) is 5.75 Å². The molecule has 4 rings (SSSR count). The molecule has 3 N–H and O–H groups in total. The van der Waals surface area contributed by atoms with Crippen LogP contribution in [0.25, 0.3) is 0 Å². The lowest BCUT2D eigenvalue weighted by atomic mass is 9.97. The van der Waals surface area contributed by atoms with E-state index >= 15 is 0 Å². The summed E-state index contributed by atoms with van der Waals surface area (Å²) < 4.78 is 0. The maximum Gasteiger partial charge on any atom is 0.238 e. The summed E-state index contributed by atoms with van der Waals surface area (Å²) in [6.45, 7) is 0. The molecule has 0 bridgehead atoms. The number of phenols is 1. The van der Waals surface area contributed by atoms with Crippen molar-refractivity contribution in [3.63, 3.8) is 0 Å². The Kier molecular flexibility index (Phi) is 3.35. The van der Waals surface area contributed by atoms with Crippen LogP contribution < -0.4 is 10.6 Å². The molecule has 2 aromatic carbocycles. The molecule has 6 nitrogen and oxygen atoms in total. The zero-order valence-corrected chi connectivity index (χ0v) is 12.6. The van der Waals surface area contributed by atoms with Crippen LogP contribution >= 0.6 is 0 Å². The number of hydrogen-bond acceptors (Lipinski definition) is 5. The second kappa shape index (κ2) is 5.66. The van der Waals surface area contributed by atoms with Gasteiger partial charge in [-0.25, -0.2) is 9.97 Å². The van der Waals surface area contributed by atoms with E-state index in [1.165, 1.54) is 0 Å². The van der Waals surface area contributed by atoms with Gasteiger partial charge in [0.1, 0.15) is 11.7 Å². The van der Waals surface area contributed by atoms with Crippen molar-refractivity contribution in [2.75, 3.05) is 10.6 Å². The molecule has 0 spiro atoms. The SMILES string of the molecule is O=C1Nc2ccccc2C1c1ccnc(Nc2cccc(O)c2)n1. The minimum Gasteiger partial charge on any atom is -0.508 e. The Balaban J connectivity index is 1.67. The molecule has 0 aliphatic carbocycles. The van der Waals surface area contributed by atoms with Crippen LogP contribution in [-0.2, 0) is 4.79 Å². The van der Waals surface area contributed by atoms with Gasteiger partial charge in [-0.1, -0.05) is 24.3 Å². The Morgan fingerprint density at radius 2 is 1.96 bits per heavy atom. The van der Waals surface area contributed by atoms with Crippen molar-refractivity contribution >= 4 is 23.2 Å². The second-order valence-electron chi connectivity index (χ2n) is 5.49. The number of benzene rings is 2. The summed E-state index contributed by atoms with van der Waals surface area (Å²) in [7, 11) is 0. The molecule has 1 aliphatic heterocycles. The van der Waals surface area contributed by atoms with E-state index in [1.807, 2.05) is 24.3 Å². The number of fused-ring (bicyclic) bond motifs is 1. The summed E-state index contributed by atoms with van der Waals surface area (Å²) in [5.41, 5.74) is 3.01. The Bertz CT molecular complexity index is 926. The van der Waals surface area contributed by atoms with Gasteiger partial charge in [-0.05, 0) is 29.8 Å². The first kappa shape index (κ1) is 14.2. The molecule has 0 saturated heterocycles. The van der Waals surface area contributed by atoms with E-state index in [1.54, 1.807) is 36.5 Å². The van der Waals surface area contributed by atoms with Crippen molar-refractivity contribution in [1.82, 2.24) is 9.97 Å². The first-order valence-corrected chi connectivity index (χ1v) is 7.49. The van der Waals surface area contributed by atoms with Crippen LogP contribution in [0.3, 0.4) is 0 Å². The number of amides is 1. The Morgan fingerprint density at radius 3 is 2.83 bits per heavy atom. The number of nitrogens with zero attached hydrogens (tertiary/aromatic N) is 2. The van der Waals surface area contributed by atoms with Crippen molar-refractivity contribution in [2.24, 2.45) is 0 Å². The first-order valence-electron chi connectivity index (χ1n) is 7.49. The van der Waals surface area contributed by atoms with E-state index in [9.17, 15) is 9.90 Å². The van der Waals surface area contributed by atoms with E-state index in [0.717, 1.165) is 11.3 Å². The molecule has 3 aromatic rings. The lowest BCUT2D eigenvalue weighted by Crippen LogP contribution is -2.15. The Hall–Kier alpha value is -3.41. The molecule has 6 heteroatoms. The fourth-order valence-corrected chi connectivity index (χ4v) is 2.81. The third-order valence-electron chi connectivity index (χ3n) is 3.87. The monoisotopic (exact) mass is 318 g/mol. The lowest BCUT2D eigenvalue weighted by molar-refractivity contribution is -0.116. The number of aromatic nitrogens is 2. The normalized spacial score (nSPS) is 15.7. The van der Waals surface area contributed by atoms with Crippen LogP contribution in [0.15, 0.2) is 60.8 Å². The molecule has 24 heavy (non-hydrogen) atoms. The average molecular weight is 318 g/mol. The highest BCUT2D eigenvalue weighted by Crippen LogP contribution is 2.36. The second-order valence-corrected chi connectivity index (χ2v) is 5.49. The molecule has 1 aliphatic rings. The van der Waals surface area contributed by atoms with Crippen molar-refractivity contribution in [1.29, 1.82) is 0 Å². The van der Waals surface area contributed by atoms with Crippen molar-refractivity contribution < 1.29 is 9.90 Å². The van der Waals surface area contributed by atoms with Gasteiger partial charge in [0, 0.05) is 23.6 Å². The predicted molar refractivity (Wildman–Crippen MR) is 90.3 cm³/mol. The molecular weight excluding hydrogens is 304 g/mol. The zero-order valence-electron chi connectivity index (χ0n) is 12.6. The summed E-state index contributed by atoms with van der Waals surface area (Å²) in [6.07, 6.45) is 1.61. The van der Waals surface area contributed by atoms with E-state index in [0.29, 0.717) is 17.3 Å². The minimum atomic E-state index is -0.450. The minimum absolute atomic E-state index is 0.0989. The predicted octanol–water partition coefficient (Wildman–Crippen LogP) is 3.01. The van der Waals surface area contributed by atoms with Crippen LogP contribution in [0, 0.1) is 0 Å². The lowest BCUT2D eigenvalue weighted by Gasteiger charge is -2.10. The molecular formula is C18H14N4O2. The molecule has 118 valence electrons. The van der Waals surface area contributed by atoms with Crippen molar-refractivity contribution in [3.8, 4) is 5.75 Å². The van der Waals surface area contributed by atoms with Gasteiger partial charge in [-0.15, -0.1) is 0 Å². The van der Waals surface area contributed by atoms with Crippen LogP contribution in [0.2, 0.25) is 0 Å². The van der Waals surface area contributed by atoms with Gasteiger partial charge >= 0.3 is 0 Å². The standard InChI is InChI=1S/C18H14N4O2/c23-12-5-3-4-11(10-12)20-18-19-9-8-15(22-18)16-13-6-1-2-7-14(13)21-17(16)24/h1-10,16,23H,(H,21,24)(H,19,20,22). The van der Waals surface area contributed by atoms with Gasteiger partial charge in [0.15, 0.2) is 0 Å². The zero-order chi connectivity index (χ0) is 16.5. The number of anilines is 3. The number of nitrogens with one attached hydrogen (secondary N) is 2. The molecule has 1 atom stereocenters. The van der Waals surface area contributed by atoms with Crippen molar-refractivity contribution in [2.45, 2.75) is 5.92 Å². The fraction of sp³-hybridized carbons (Fsp3) is 0.0556. The number of carbonyl (C=O) groups excluding carboxylic acids is 1. The molecule has 1 unspecified atom stereocenters. The van der Waals surface area contributed by atoms with Gasteiger partial charge in [0.05, 0.1) is 5.69 Å². The van der Waals surface area contributed by atoms with Gasteiger partial charge in [-0.2, -0.15) is 0 Å². The number of carbonyl (C=O) groups is 1. The van der Waals surface area contributed by atoms with Crippen LogP contribution in [0.1, 0.15) is 17.2 Å². The summed E-state index contributed by atoms with van der Waals surface area (Å²) in [4.78, 5) is 21.0. The highest BCUT2D eigenvalue weighted by molar-refractivity contribution is 6.04. The van der Waals surface area contributed by atoms with Gasteiger partial charge in [-0.3, -0.25) is 4.79 Å². The number of para-hydroxylation sites is 1. The third-order valence-corrected chi connectivity index (χ3v) is 3.87. The molecule has 2 heterocycles. The van der Waals surface area contributed by atoms with Crippen molar-refractivity contribution in [3.05, 3.63) is 72.1 Å². The fourth-order valence-electron chi connectivity index (χ4n) is 2.81. The summed E-state index contributed by atoms with van der Waals surface area (Å²) in [5, 5.41) is 15.4. The summed E-state index contributed by atoms with van der Waals surface area (Å²) in [6, 6.07) is 16.0. The number of aromatic hydroxyl groups is 1. The van der Waals surface area contributed by atoms with Crippen LogP contribution in [0.4, 0.5) is 17.3 Å². The Labute approximate surface area is 138 Å². The molecule has 0 fully saturated rings. The topological polar surface area (TPSA) is 87.1 Å². The summed E-state index contributed by atoms with van der Waals surface area (Å²) >= 11 is 0. The number of phenolic OH excluding ortho intramolecular Hbond substituents is 1. The van der Waals surface area contributed by atoms with E-state index in [2.05, 4.69) is 20.6 Å². The van der Waals surface area contributed by atoms with E-state index in [-0.39, 0.29) is 11.7 Å². The maximum atomic E-state index is 12.3. The van der Waals surface area contributed by atoms with E-state index in [4.69, 9.17) is 0 Å². The maximum absolute atomic E-state index is 12.3. The number of hydrogen-bond donors (Lipinski definition) is 3. The molecule has 1 amide bonds. The summed E-state index contributed by atoms with van der Waals surface area (Å²) in [5.74, 6) is -0.0253. The Morgan fingerprint density at radius 1 is 1.08 bits per heavy atom. The average Bonchev–Trinajstić information content (AvgIpc) is 2.91. The van der Waals surface area contributed by atoms with Gasteiger partial charge in [0.2, 0.25) is 11.9 Å². The molecule has 0 radical (unpaired) electrons. The first-order chi connectivity index (χ1) is 11.7. The van der Waals surface area contributed by atoms with Gasteiger partial charge in [0.25, 0.3) is 0 Å². The van der Waals surface area contributed by atoms with E-state index < -0.39 is 5.92 Å². The molecule has 1 aromatic heterocycles. The third kappa shape index (κ3) is 2.54. The highest BCUT2D eigenvalue weighted by Gasteiger charge is 2.32. The molecule has 0 saturated carbocycles. The number of rotatable bonds is 3. The largest absolute Gasteiger partial charge is 0.508 e. The quantitative estimate of drug-likeness (QED) is 0.691. The van der Waals surface area contributed by atoms with Crippen LogP contribution in [-0.4, -0.2) is 21.0 Å². The highest BCUT2D eigenvalue weighted by atomic mass is 16.3. The van der Waals surface area contributed by atoms with Gasteiger partial charge < -0.3 is 15.7 Å². The smallest absolute Gasteiger partial charge is 0.238 e.